The first-order valence-electron chi connectivity index (χ1n) is 6.14. The summed E-state index contributed by atoms with van der Waals surface area (Å²) in [5.74, 6) is 0.596. The van der Waals surface area contributed by atoms with E-state index in [2.05, 4.69) is 27.8 Å². The first kappa shape index (κ1) is 12.6. The molecule has 0 atom stereocenters. The van der Waals surface area contributed by atoms with Crippen LogP contribution in [0.2, 0.25) is 0 Å². The zero-order valence-corrected chi connectivity index (χ0v) is 10.7. The molecule has 0 saturated heterocycles. The van der Waals surface area contributed by atoms with E-state index < -0.39 is 0 Å². The largest absolute Gasteiger partial charge is 0.406 e. The number of aromatic nitrogens is 2. The van der Waals surface area contributed by atoms with E-state index in [1.54, 1.807) is 0 Å². The fraction of sp³-hybridized carbons (Fsp3) is 0.385. The number of nitrogens with zero attached hydrogens (tertiary/aromatic N) is 2. The predicted molar refractivity (Wildman–Crippen MR) is 70.8 cm³/mol. The average Bonchev–Trinajstić information content (AvgIpc) is 2.77. The van der Waals surface area contributed by atoms with Crippen molar-refractivity contribution in [1.82, 2.24) is 15.5 Å². The Bertz CT molecular complexity index is 495. The predicted octanol–water partition coefficient (Wildman–Crippen LogP) is 2.62. The van der Waals surface area contributed by atoms with Crippen LogP contribution in [0, 0.1) is 6.92 Å². The van der Waals surface area contributed by atoms with E-state index in [0.29, 0.717) is 18.5 Å². The first-order chi connectivity index (χ1) is 8.78. The normalized spacial score (nSPS) is 10.6. The Hall–Kier alpha value is -1.88. The molecule has 0 fully saturated rings. The van der Waals surface area contributed by atoms with Crippen molar-refractivity contribution in [1.29, 1.82) is 0 Å². The molecule has 0 amide bonds. The third-order valence-electron chi connectivity index (χ3n) is 2.44. The third kappa shape index (κ3) is 3.56. The standard InChI is InChI=1S/C13H18N4O/c1-3-7-14-9-12-16-17-13(18-12)15-11-6-4-5-10(2)8-11/h4-6,8,14H,3,7,9H2,1-2H3,(H,15,17). The Morgan fingerprint density at radius 1 is 1.28 bits per heavy atom. The molecule has 2 N–H and O–H groups in total. The van der Waals surface area contributed by atoms with Crippen LogP contribution in [0.1, 0.15) is 24.8 Å². The van der Waals surface area contributed by atoms with Gasteiger partial charge in [0, 0.05) is 5.69 Å². The number of benzene rings is 1. The van der Waals surface area contributed by atoms with Gasteiger partial charge in [-0.05, 0) is 37.6 Å². The fourth-order valence-electron chi connectivity index (χ4n) is 1.59. The van der Waals surface area contributed by atoms with E-state index in [1.807, 2.05) is 31.2 Å². The number of hydrogen-bond acceptors (Lipinski definition) is 5. The molecule has 0 spiro atoms. The summed E-state index contributed by atoms with van der Waals surface area (Å²) >= 11 is 0. The van der Waals surface area contributed by atoms with Crippen molar-refractivity contribution in [3.63, 3.8) is 0 Å². The molecule has 5 nitrogen and oxygen atoms in total. The topological polar surface area (TPSA) is 63.0 Å². The summed E-state index contributed by atoms with van der Waals surface area (Å²) in [6.07, 6.45) is 1.09. The minimum absolute atomic E-state index is 0.425. The summed E-state index contributed by atoms with van der Waals surface area (Å²) in [6, 6.07) is 8.44. The highest BCUT2D eigenvalue weighted by molar-refractivity contribution is 5.52. The lowest BCUT2D eigenvalue weighted by Gasteiger charge is -2.01. The zero-order valence-electron chi connectivity index (χ0n) is 10.7. The molecule has 1 heterocycles. The smallest absolute Gasteiger partial charge is 0.320 e. The van der Waals surface area contributed by atoms with Crippen LogP contribution < -0.4 is 10.6 Å². The molecular weight excluding hydrogens is 228 g/mol. The van der Waals surface area contributed by atoms with Gasteiger partial charge in [-0.1, -0.05) is 24.2 Å². The molecule has 0 aliphatic rings. The average molecular weight is 246 g/mol. The lowest BCUT2D eigenvalue weighted by molar-refractivity contribution is 0.479. The number of nitrogens with one attached hydrogen (secondary N) is 2. The Morgan fingerprint density at radius 3 is 2.94 bits per heavy atom. The Morgan fingerprint density at radius 2 is 2.17 bits per heavy atom. The monoisotopic (exact) mass is 246 g/mol. The van der Waals surface area contributed by atoms with Gasteiger partial charge in [-0.15, -0.1) is 5.10 Å². The van der Waals surface area contributed by atoms with Gasteiger partial charge < -0.3 is 15.1 Å². The van der Waals surface area contributed by atoms with Gasteiger partial charge in [0.25, 0.3) is 0 Å². The van der Waals surface area contributed by atoms with Gasteiger partial charge >= 0.3 is 6.01 Å². The fourth-order valence-corrected chi connectivity index (χ4v) is 1.59. The van der Waals surface area contributed by atoms with Crippen molar-refractivity contribution in [2.45, 2.75) is 26.8 Å². The second-order valence-corrected chi connectivity index (χ2v) is 4.17. The Balaban J connectivity index is 1.94. The van der Waals surface area contributed by atoms with Gasteiger partial charge in [0.05, 0.1) is 6.54 Å². The summed E-state index contributed by atoms with van der Waals surface area (Å²) in [6.45, 7) is 5.71. The van der Waals surface area contributed by atoms with Crippen LogP contribution in [-0.2, 0) is 6.54 Å². The van der Waals surface area contributed by atoms with Gasteiger partial charge in [-0.3, -0.25) is 0 Å². The van der Waals surface area contributed by atoms with Gasteiger partial charge in [0.15, 0.2) is 0 Å². The quantitative estimate of drug-likeness (QED) is 0.767. The molecule has 0 bridgehead atoms. The van der Waals surface area contributed by atoms with Crippen LogP contribution in [0.4, 0.5) is 11.7 Å². The van der Waals surface area contributed by atoms with E-state index in [0.717, 1.165) is 18.7 Å². The summed E-state index contributed by atoms with van der Waals surface area (Å²) in [7, 11) is 0. The number of rotatable bonds is 6. The molecule has 1 aromatic carbocycles. The van der Waals surface area contributed by atoms with Crippen LogP contribution in [0.15, 0.2) is 28.7 Å². The number of hydrogen-bond donors (Lipinski definition) is 2. The van der Waals surface area contributed by atoms with Crippen LogP contribution in [0.5, 0.6) is 0 Å². The van der Waals surface area contributed by atoms with Crippen molar-refractivity contribution < 1.29 is 4.42 Å². The molecule has 2 aromatic rings. The van der Waals surface area contributed by atoms with Gasteiger partial charge in [0.2, 0.25) is 5.89 Å². The third-order valence-corrected chi connectivity index (χ3v) is 2.44. The maximum atomic E-state index is 5.48. The SMILES string of the molecule is CCCNCc1nnc(Nc2cccc(C)c2)o1. The van der Waals surface area contributed by atoms with E-state index in [-0.39, 0.29) is 0 Å². The van der Waals surface area contributed by atoms with Crippen LogP contribution in [0.3, 0.4) is 0 Å². The van der Waals surface area contributed by atoms with Gasteiger partial charge in [-0.25, -0.2) is 0 Å². The van der Waals surface area contributed by atoms with E-state index >= 15 is 0 Å². The second kappa shape index (κ2) is 6.16. The number of aryl methyl sites for hydroxylation is 1. The Labute approximate surface area is 107 Å². The van der Waals surface area contributed by atoms with Crippen molar-refractivity contribution >= 4 is 11.7 Å². The molecule has 0 radical (unpaired) electrons. The summed E-state index contributed by atoms with van der Waals surface area (Å²) in [5.41, 5.74) is 2.14. The zero-order chi connectivity index (χ0) is 12.8. The highest BCUT2D eigenvalue weighted by Crippen LogP contribution is 2.16. The van der Waals surface area contributed by atoms with E-state index in [1.165, 1.54) is 5.56 Å². The van der Waals surface area contributed by atoms with Crippen molar-refractivity contribution in [2.75, 3.05) is 11.9 Å². The summed E-state index contributed by atoms with van der Waals surface area (Å²) < 4.78 is 5.48. The molecule has 0 aliphatic carbocycles. The Kier molecular flexibility index (Phi) is 4.30. The van der Waals surface area contributed by atoms with Crippen LogP contribution in [0.25, 0.3) is 0 Å². The molecule has 96 valence electrons. The van der Waals surface area contributed by atoms with E-state index in [9.17, 15) is 0 Å². The summed E-state index contributed by atoms with van der Waals surface area (Å²) in [5, 5.41) is 14.2. The highest BCUT2D eigenvalue weighted by Gasteiger charge is 2.05. The maximum absolute atomic E-state index is 5.48. The molecular formula is C13H18N4O. The minimum atomic E-state index is 0.425. The van der Waals surface area contributed by atoms with Crippen LogP contribution in [-0.4, -0.2) is 16.7 Å². The highest BCUT2D eigenvalue weighted by atomic mass is 16.4. The van der Waals surface area contributed by atoms with Gasteiger partial charge in [0.1, 0.15) is 0 Å². The molecule has 0 unspecified atom stereocenters. The molecule has 0 aliphatic heterocycles. The molecule has 2 rings (SSSR count). The van der Waals surface area contributed by atoms with Crippen molar-refractivity contribution in [3.05, 3.63) is 35.7 Å². The summed E-state index contributed by atoms with van der Waals surface area (Å²) in [4.78, 5) is 0. The maximum Gasteiger partial charge on any atom is 0.320 e. The first-order valence-corrected chi connectivity index (χ1v) is 6.14. The molecule has 18 heavy (non-hydrogen) atoms. The molecule has 5 heteroatoms. The molecule has 1 aromatic heterocycles. The van der Waals surface area contributed by atoms with Crippen molar-refractivity contribution in [3.8, 4) is 0 Å². The lowest BCUT2D eigenvalue weighted by Crippen LogP contribution is -2.13. The van der Waals surface area contributed by atoms with Crippen LogP contribution >= 0.6 is 0 Å². The van der Waals surface area contributed by atoms with Gasteiger partial charge in [-0.2, -0.15) is 0 Å². The van der Waals surface area contributed by atoms with E-state index in [4.69, 9.17) is 4.42 Å². The minimum Gasteiger partial charge on any atom is -0.406 e. The lowest BCUT2D eigenvalue weighted by atomic mass is 10.2. The second-order valence-electron chi connectivity index (χ2n) is 4.17. The molecule has 0 saturated carbocycles. The number of anilines is 2. The van der Waals surface area contributed by atoms with Crippen molar-refractivity contribution in [2.24, 2.45) is 0 Å².